The summed E-state index contributed by atoms with van der Waals surface area (Å²) in [5.41, 5.74) is 2.33. The highest BCUT2D eigenvalue weighted by Crippen LogP contribution is 2.22. The summed E-state index contributed by atoms with van der Waals surface area (Å²) in [5.74, 6) is 1.86. The Morgan fingerprint density at radius 2 is 1.70 bits per heavy atom. The summed E-state index contributed by atoms with van der Waals surface area (Å²) in [7, 11) is 1.64. The van der Waals surface area contributed by atoms with Crippen LogP contribution in [0.2, 0.25) is 0 Å². The highest BCUT2D eigenvalue weighted by Gasteiger charge is 2.07. The molecule has 0 aliphatic carbocycles. The van der Waals surface area contributed by atoms with Gasteiger partial charge in [-0.2, -0.15) is 4.98 Å². The molecule has 3 rings (SSSR count). The van der Waals surface area contributed by atoms with Crippen molar-refractivity contribution < 1.29 is 14.0 Å². The lowest BCUT2D eigenvalue weighted by Gasteiger charge is -2.05. The standard InChI is InChI=1S/C18H18N2O3/c1-21-12-11-17-19-18(23-20-17)13-22-16-9-7-15(8-10-16)14-5-3-2-4-6-14/h2-10H,11-13H2,1H3. The molecule has 5 nitrogen and oxygen atoms in total. The maximum absolute atomic E-state index is 5.67. The van der Waals surface area contributed by atoms with Gasteiger partial charge in [0, 0.05) is 13.5 Å². The number of rotatable bonds is 7. The van der Waals surface area contributed by atoms with Gasteiger partial charge in [-0.15, -0.1) is 0 Å². The van der Waals surface area contributed by atoms with Crippen LogP contribution in [0.4, 0.5) is 0 Å². The number of methoxy groups -OCH3 is 1. The van der Waals surface area contributed by atoms with Crippen LogP contribution in [0.3, 0.4) is 0 Å². The van der Waals surface area contributed by atoms with Crippen molar-refractivity contribution in [2.24, 2.45) is 0 Å². The first kappa shape index (κ1) is 15.2. The van der Waals surface area contributed by atoms with Crippen molar-refractivity contribution >= 4 is 0 Å². The van der Waals surface area contributed by atoms with Crippen LogP contribution in [0.25, 0.3) is 11.1 Å². The Bertz CT molecular complexity index is 724. The Balaban J connectivity index is 1.57. The van der Waals surface area contributed by atoms with Crippen molar-refractivity contribution in [2.45, 2.75) is 13.0 Å². The monoisotopic (exact) mass is 310 g/mol. The summed E-state index contributed by atoms with van der Waals surface area (Å²) in [4.78, 5) is 4.25. The molecule has 0 atom stereocenters. The van der Waals surface area contributed by atoms with E-state index in [0.717, 1.165) is 11.3 Å². The molecule has 0 unspecified atom stereocenters. The van der Waals surface area contributed by atoms with E-state index in [1.165, 1.54) is 5.56 Å². The minimum atomic E-state index is 0.255. The Kier molecular flexibility index (Phi) is 5.01. The summed E-state index contributed by atoms with van der Waals surface area (Å²) >= 11 is 0. The van der Waals surface area contributed by atoms with E-state index in [0.29, 0.717) is 24.7 Å². The van der Waals surface area contributed by atoms with E-state index in [1.807, 2.05) is 42.5 Å². The average Bonchev–Trinajstić information content (AvgIpc) is 3.07. The first-order valence-corrected chi connectivity index (χ1v) is 7.44. The van der Waals surface area contributed by atoms with Crippen molar-refractivity contribution in [3.8, 4) is 16.9 Å². The quantitative estimate of drug-likeness (QED) is 0.668. The molecule has 0 amide bonds. The molecular formula is C18H18N2O3. The first-order chi connectivity index (χ1) is 11.3. The third kappa shape index (κ3) is 4.17. The van der Waals surface area contributed by atoms with E-state index in [-0.39, 0.29) is 6.61 Å². The van der Waals surface area contributed by atoms with Gasteiger partial charge in [-0.25, -0.2) is 0 Å². The van der Waals surface area contributed by atoms with Crippen LogP contribution in [0, 0.1) is 0 Å². The van der Waals surface area contributed by atoms with E-state index in [4.69, 9.17) is 14.0 Å². The molecule has 0 N–H and O–H groups in total. The highest BCUT2D eigenvalue weighted by atomic mass is 16.5. The van der Waals surface area contributed by atoms with Gasteiger partial charge >= 0.3 is 0 Å². The summed E-state index contributed by atoms with van der Waals surface area (Å²) in [6.07, 6.45) is 0.631. The summed E-state index contributed by atoms with van der Waals surface area (Å²) < 4.78 is 15.8. The molecule has 23 heavy (non-hydrogen) atoms. The van der Waals surface area contributed by atoms with E-state index < -0.39 is 0 Å². The van der Waals surface area contributed by atoms with Gasteiger partial charge in [0.2, 0.25) is 0 Å². The SMILES string of the molecule is COCCc1noc(COc2ccc(-c3ccccc3)cc2)n1. The third-order valence-electron chi connectivity index (χ3n) is 3.36. The minimum absolute atomic E-state index is 0.255. The maximum atomic E-state index is 5.67. The predicted molar refractivity (Wildman–Crippen MR) is 86.1 cm³/mol. The molecule has 0 bridgehead atoms. The van der Waals surface area contributed by atoms with Crippen LogP contribution in [0.1, 0.15) is 11.7 Å². The number of ether oxygens (including phenoxy) is 2. The second-order valence-corrected chi connectivity index (χ2v) is 5.03. The smallest absolute Gasteiger partial charge is 0.264 e. The maximum Gasteiger partial charge on any atom is 0.264 e. The fourth-order valence-corrected chi connectivity index (χ4v) is 2.16. The molecule has 0 saturated heterocycles. The summed E-state index contributed by atoms with van der Waals surface area (Å²) in [5, 5.41) is 3.87. The topological polar surface area (TPSA) is 57.4 Å². The minimum Gasteiger partial charge on any atom is -0.484 e. The zero-order valence-corrected chi connectivity index (χ0v) is 12.9. The fourth-order valence-electron chi connectivity index (χ4n) is 2.16. The molecule has 0 aliphatic heterocycles. The van der Waals surface area contributed by atoms with Crippen LogP contribution in [-0.2, 0) is 17.8 Å². The first-order valence-electron chi connectivity index (χ1n) is 7.44. The number of hydrogen-bond donors (Lipinski definition) is 0. The average molecular weight is 310 g/mol. The van der Waals surface area contributed by atoms with Gasteiger partial charge in [0.25, 0.3) is 5.89 Å². The van der Waals surface area contributed by atoms with Crippen molar-refractivity contribution in [1.82, 2.24) is 10.1 Å². The normalized spacial score (nSPS) is 10.7. The number of benzene rings is 2. The number of aromatic nitrogens is 2. The summed E-state index contributed by atoms with van der Waals surface area (Å²) in [6.45, 7) is 0.825. The predicted octanol–water partition coefficient (Wildman–Crippen LogP) is 3.50. The highest BCUT2D eigenvalue weighted by molar-refractivity contribution is 5.63. The zero-order chi connectivity index (χ0) is 15.9. The molecule has 3 aromatic rings. The number of hydrogen-bond acceptors (Lipinski definition) is 5. The van der Waals surface area contributed by atoms with Gasteiger partial charge in [0.1, 0.15) is 5.75 Å². The fraction of sp³-hybridized carbons (Fsp3) is 0.222. The second kappa shape index (κ2) is 7.56. The lowest BCUT2D eigenvalue weighted by molar-refractivity contribution is 0.199. The largest absolute Gasteiger partial charge is 0.484 e. The molecule has 0 aliphatic rings. The van der Waals surface area contributed by atoms with Gasteiger partial charge in [-0.3, -0.25) is 0 Å². The molecule has 2 aromatic carbocycles. The lowest BCUT2D eigenvalue weighted by atomic mass is 10.1. The molecule has 1 aromatic heterocycles. The van der Waals surface area contributed by atoms with Crippen molar-refractivity contribution in [3.05, 3.63) is 66.3 Å². The Morgan fingerprint density at radius 3 is 2.43 bits per heavy atom. The van der Waals surface area contributed by atoms with Crippen molar-refractivity contribution in [2.75, 3.05) is 13.7 Å². The van der Waals surface area contributed by atoms with Crippen LogP contribution in [0.15, 0.2) is 59.1 Å². The van der Waals surface area contributed by atoms with Gasteiger partial charge in [-0.05, 0) is 23.3 Å². The molecule has 0 saturated carbocycles. The van der Waals surface area contributed by atoms with Crippen LogP contribution in [-0.4, -0.2) is 23.9 Å². The summed E-state index contributed by atoms with van der Waals surface area (Å²) in [6, 6.07) is 18.1. The lowest BCUT2D eigenvalue weighted by Crippen LogP contribution is -1.98. The van der Waals surface area contributed by atoms with E-state index in [1.54, 1.807) is 7.11 Å². The van der Waals surface area contributed by atoms with E-state index in [9.17, 15) is 0 Å². The third-order valence-corrected chi connectivity index (χ3v) is 3.36. The zero-order valence-electron chi connectivity index (χ0n) is 12.9. The molecule has 0 fully saturated rings. The van der Waals surface area contributed by atoms with E-state index >= 15 is 0 Å². The van der Waals surface area contributed by atoms with Gasteiger partial charge in [0.15, 0.2) is 12.4 Å². The second-order valence-electron chi connectivity index (χ2n) is 5.03. The van der Waals surface area contributed by atoms with Gasteiger partial charge < -0.3 is 14.0 Å². The molecule has 118 valence electrons. The molecule has 0 spiro atoms. The number of nitrogens with zero attached hydrogens (tertiary/aromatic N) is 2. The van der Waals surface area contributed by atoms with Gasteiger partial charge in [-0.1, -0.05) is 47.6 Å². The molecular weight excluding hydrogens is 292 g/mol. The van der Waals surface area contributed by atoms with Gasteiger partial charge in [0.05, 0.1) is 6.61 Å². The Hall–Kier alpha value is -2.66. The Morgan fingerprint density at radius 1 is 0.957 bits per heavy atom. The van der Waals surface area contributed by atoms with Crippen LogP contribution >= 0.6 is 0 Å². The molecule has 0 radical (unpaired) electrons. The van der Waals surface area contributed by atoms with Crippen LogP contribution in [0.5, 0.6) is 5.75 Å². The Labute approximate surface area is 134 Å². The molecule has 5 heteroatoms. The van der Waals surface area contributed by atoms with Crippen LogP contribution < -0.4 is 4.74 Å². The molecule has 1 heterocycles. The van der Waals surface area contributed by atoms with Crippen molar-refractivity contribution in [1.29, 1.82) is 0 Å². The van der Waals surface area contributed by atoms with E-state index in [2.05, 4.69) is 22.3 Å². The van der Waals surface area contributed by atoms with Crippen molar-refractivity contribution in [3.63, 3.8) is 0 Å².